The molecule has 2 nitrogen and oxygen atoms in total. The van der Waals surface area contributed by atoms with Gasteiger partial charge in [-0.15, -0.1) is 0 Å². The maximum atomic E-state index is 12.0. The zero-order chi connectivity index (χ0) is 13.3. The van der Waals surface area contributed by atoms with E-state index in [0.717, 1.165) is 19.3 Å². The molecule has 0 heterocycles. The van der Waals surface area contributed by atoms with E-state index in [-0.39, 0.29) is 22.9 Å². The van der Waals surface area contributed by atoms with Crippen molar-refractivity contribution in [3.8, 4) is 0 Å². The van der Waals surface area contributed by atoms with Crippen molar-refractivity contribution in [1.29, 1.82) is 0 Å². The third-order valence-electron chi connectivity index (χ3n) is 3.46. The minimum atomic E-state index is -0.374. The molecule has 1 aliphatic carbocycles. The molecule has 0 spiro atoms. The molecule has 0 saturated heterocycles. The van der Waals surface area contributed by atoms with Crippen LogP contribution in [-0.2, 0) is 9.53 Å². The Hall–Kier alpha value is -0.0600. The Kier molecular flexibility index (Phi) is 4.67. The molecule has 0 radical (unpaired) electrons. The fraction of sp³-hybridized carbons (Fsp3) is 0.786. The van der Waals surface area contributed by atoms with Crippen molar-refractivity contribution in [1.82, 2.24) is 0 Å². The number of rotatable bonds is 3. The van der Waals surface area contributed by atoms with Gasteiger partial charge < -0.3 is 4.74 Å². The summed E-state index contributed by atoms with van der Waals surface area (Å²) in [7, 11) is 0. The van der Waals surface area contributed by atoms with Gasteiger partial charge in [0.15, 0.2) is 0 Å². The highest BCUT2D eigenvalue weighted by Crippen LogP contribution is 2.39. The molecule has 1 unspecified atom stereocenters. The van der Waals surface area contributed by atoms with Gasteiger partial charge in [-0.1, -0.05) is 20.8 Å². The summed E-state index contributed by atoms with van der Waals surface area (Å²) in [4.78, 5) is 12.0. The van der Waals surface area contributed by atoms with Crippen LogP contribution in [0.15, 0.2) is 9.66 Å². The number of carbonyl (C=O) groups is 1. The summed E-state index contributed by atoms with van der Waals surface area (Å²) >= 11 is 2.34. The fourth-order valence-corrected chi connectivity index (χ4v) is 3.34. The van der Waals surface area contributed by atoms with Gasteiger partial charge in [-0.25, -0.2) is 0 Å². The number of hydrogen-bond acceptors (Lipinski definition) is 2. The lowest BCUT2D eigenvalue weighted by molar-refractivity contribution is -0.159. The minimum Gasteiger partial charge on any atom is -0.458 e. The second kappa shape index (κ2) is 5.29. The Labute approximate surface area is 118 Å². The first-order valence-electron chi connectivity index (χ1n) is 6.23. The summed E-state index contributed by atoms with van der Waals surface area (Å²) in [5, 5.41) is 0. The first-order chi connectivity index (χ1) is 7.66. The van der Waals surface area contributed by atoms with E-state index in [0.29, 0.717) is 0 Å². The third kappa shape index (κ3) is 4.27. The van der Waals surface area contributed by atoms with Crippen molar-refractivity contribution < 1.29 is 9.53 Å². The van der Waals surface area contributed by atoms with Crippen LogP contribution in [0.5, 0.6) is 0 Å². The van der Waals surface area contributed by atoms with Crippen LogP contribution in [-0.4, -0.2) is 12.1 Å². The number of carbonyl (C=O) groups excluding carboxylic acids is 1. The first kappa shape index (κ1) is 15.0. The van der Waals surface area contributed by atoms with Crippen molar-refractivity contribution in [2.75, 3.05) is 0 Å². The predicted octanol–water partition coefficient (Wildman–Crippen LogP) is 4.47. The average molecular weight is 350 g/mol. The third-order valence-corrected chi connectivity index (χ3v) is 4.20. The lowest BCUT2D eigenvalue weighted by Crippen LogP contribution is -2.33. The number of ether oxygens (including phenoxy) is 1. The molecule has 1 atom stereocenters. The maximum absolute atomic E-state index is 12.0. The summed E-state index contributed by atoms with van der Waals surface area (Å²) in [6.45, 7) is 10.4. The van der Waals surface area contributed by atoms with Crippen LogP contribution in [0.1, 0.15) is 53.9 Å². The lowest BCUT2D eigenvalue weighted by Gasteiger charge is -2.34. The molecular formula is C14H23IO2. The monoisotopic (exact) mass is 350 g/mol. The number of halogens is 1. The molecule has 0 aromatic carbocycles. The van der Waals surface area contributed by atoms with Gasteiger partial charge in [0.25, 0.3) is 0 Å². The molecule has 0 aromatic heterocycles. The quantitative estimate of drug-likeness (QED) is 0.554. The van der Waals surface area contributed by atoms with Gasteiger partial charge in [0, 0.05) is 0 Å². The highest BCUT2D eigenvalue weighted by molar-refractivity contribution is 14.1. The highest BCUT2D eigenvalue weighted by atomic mass is 127. The summed E-state index contributed by atoms with van der Waals surface area (Å²) in [5.74, 6) is -0.0804. The molecule has 1 aliphatic rings. The number of allylic oxidation sites excluding steroid dienone is 1. The Bertz CT molecular complexity index is 329. The van der Waals surface area contributed by atoms with E-state index in [2.05, 4.69) is 42.5 Å². The Morgan fingerprint density at radius 1 is 1.59 bits per heavy atom. The summed E-state index contributed by atoms with van der Waals surface area (Å²) in [6, 6.07) is 0. The van der Waals surface area contributed by atoms with Gasteiger partial charge in [0.2, 0.25) is 0 Å². The van der Waals surface area contributed by atoms with Crippen molar-refractivity contribution in [2.24, 2.45) is 10.8 Å². The molecule has 0 fully saturated rings. The number of esters is 1. The molecule has 0 saturated carbocycles. The van der Waals surface area contributed by atoms with E-state index in [1.54, 1.807) is 0 Å². The largest absolute Gasteiger partial charge is 0.458 e. The smallest absolute Gasteiger partial charge is 0.312 e. The van der Waals surface area contributed by atoms with Crippen LogP contribution in [0.2, 0.25) is 0 Å². The summed E-state index contributed by atoms with van der Waals surface area (Å²) in [6.07, 6.45) is 4.85. The second-order valence-corrected chi connectivity index (χ2v) is 7.73. The van der Waals surface area contributed by atoms with Crippen molar-refractivity contribution in [3.05, 3.63) is 9.66 Å². The lowest BCUT2D eigenvalue weighted by atomic mass is 9.79. The van der Waals surface area contributed by atoms with E-state index in [1.165, 1.54) is 3.58 Å². The topological polar surface area (TPSA) is 26.3 Å². The Morgan fingerprint density at radius 2 is 2.18 bits per heavy atom. The Balaban J connectivity index is 2.70. The highest BCUT2D eigenvalue weighted by Gasteiger charge is 2.33. The SMILES string of the molecule is CCC(C)(C)C(=O)OC1C=C(I)CC(C)(C)C1. The normalized spacial score (nSPS) is 24.1. The van der Waals surface area contributed by atoms with Crippen molar-refractivity contribution >= 4 is 28.6 Å². The standard InChI is InChI=1S/C14H23IO2/c1-6-14(4,5)12(16)17-11-7-10(15)8-13(2,3)9-11/h7,11H,6,8-9H2,1-5H3. The minimum absolute atomic E-state index is 0.0519. The molecule has 0 amide bonds. The molecular weight excluding hydrogens is 327 g/mol. The molecule has 0 N–H and O–H groups in total. The van der Waals surface area contributed by atoms with E-state index in [4.69, 9.17) is 4.74 Å². The van der Waals surface area contributed by atoms with Crippen LogP contribution < -0.4 is 0 Å². The Morgan fingerprint density at radius 3 is 2.65 bits per heavy atom. The van der Waals surface area contributed by atoms with E-state index >= 15 is 0 Å². The van der Waals surface area contributed by atoms with Gasteiger partial charge in [0.05, 0.1) is 5.41 Å². The zero-order valence-corrected chi connectivity index (χ0v) is 13.6. The molecule has 0 bridgehead atoms. The molecule has 17 heavy (non-hydrogen) atoms. The second-order valence-electron chi connectivity index (χ2n) is 6.34. The summed E-state index contributed by atoms with van der Waals surface area (Å²) < 4.78 is 6.93. The van der Waals surface area contributed by atoms with E-state index in [9.17, 15) is 4.79 Å². The zero-order valence-electron chi connectivity index (χ0n) is 11.5. The van der Waals surface area contributed by atoms with E-state index in [1.807, 2.05) is 20.8 Å². The van der Waals surface area contributed by atoms with Gasteiger partial charge in [0.1, 0.15) is 6.10 Å². The predicted molar refractivity (Wildman–Crippen MR) is 79.1 cm³/mol. The van der Waals surface area contributed by atoms with Gasteiger partial charge >= 0.3 is 5.97 Å². The van der Waals surface area contributed by atoms with Crippen LogP contribution >= 0.6 is 22.6 Å². The maximum Gasteiger partial charge on any atom is 0.312 e. The molecule has 0 aliphatic heterocycles. The number of hydrogen-bond donors (Lipinski definition) is 0. The van der Waals surface area contributed by atoms with Crippen molar-refractivity contribution in [2.45, 2.75) is 60.0 Å². The van der Waals surface area contributed by atoms with Crippen LogP contribution in [0.25, 0.3) is 0 Å². The van der Waals surface area contributed by atoms with Crippen LogP contribution in [0, 0.1) is 10.8 Å². The van der Waals surface area contributed by atoms with E-state index < -0.39 is 0 Å². The van der Waals surface area contributed by atoms with Gasteiger partial charge in [-0.3, -0.25) is 4.79 Å². The van der Waals surface area contributed by atoms with Crippen molar-refractivity contribution in [3.63, 3.8) is 0 Å². The average Bonchev–Trinajstić information content (AvgIpc) is 2.14. The van der Waals surface area contributed by atoms with Crippen LogP contribution in [0.3, 0.4) is 0 Å². The first-order valence-corrected chi connectivity index (χ1v) is 7.31. The summed E-state index contributed by atoms with van der Waals surface area (Å²) in [5.41, 5.74) is -0.145. The molecule has 1 rings (SSSR count). The van der Waals surface area contributed by atoms with Crippen LogP contribution in [0.4, 0.5) is 0 Å². The molecule has 3 heteroatoms. The molecule has 98 valence electrons. The molecule has 0 aromatic rings. The fourth-order valence-electron chi connectivity index (χ4n) is 1.91. The van der Waals surface area contributed by atoms with Gasteiger partial charge in [-0.2, -0.15) is 0 Å². The van der Waals surface area contributed by atoms with Gasteiger partial charge in [-0.05, 0) is 70.8 Å².